The van der Waals surface area contributed by atoms with Crippen LogP contribution in [0.25, 0.3) is 0 Å². The van der Waals surface area contributed by atoms with Gasteiger partial charge in [-0.05, 0) is 62.1 Å². The second-order valence-electron chi connectivity index (χ2n) is 7.27. The largest absolute Gasteiger partial charge is 0.348 e. The summed E-state index contributed by atoms with van der Waals surface area (Å²) in [5.41, 5.74) is 6.67. The first-order valence-corrected chi connectivity index (χ1v) is 9.53. The number of pyridine rings is 1. The van der Waals surface area contributed by atoms with Crippen LogP contribution in [0.1, 0.15) is 48.7 Å². The first-order chi connectivity index (χ1) is 13.8. The quantitative estimate of drug-likeness (QED) is 0.677. The topological polar surface area (TPSA) is 71.1 Å². The molecule has 0 fully saturated rings. The predicted octanol–water partition coefficient (Wildman–Crippen LogP) is 4.50. The zero-order chi connectivity index (χ0) is 21.0. The van der Waals surface area contributed by atoms with Crippen molar-refractivity contribution < 1.29 is 9.59 Å². The molecule has 1 heterocycles. The summed E-state index contributed by atoms with van der Waals surface area (Å²) >= 11 is 0. The number of carbonyl (C=O) groups is 2. The fourth-order valence-electron chi connectivity index (χ4n) is 3.34. The van der Waals surface area contributed by atoms with E-state index in [4.69, 9.17) is 0 Å². The summed E-state index contributed by atoms with van der Waals surface area (Å²) < 4.78 is 0. The van der Waals surface area contributed by atoms with Crippen LogP contribution in [0.5, 0.6) is 0 Å². The third-order valence-corrected chi connectivity index (χ3v) is 4.87. The summed E-state index contributed by atoms with van der Waals surface area (Å²) in [4.78, 5) is 29.4. The molecule has 0 aliphatic carbocycles. The highest BCUT2D eigenvalue weighted by molar-refractivity contribution is 6.05. The molecule has 2 aromatic carbocycles. The van der Waals surface area contributed by atoms with Gasteiger partial charge in [0, 0.05) is 24.0 Å². The van der Waals surface area contributed by atoms with E-state index in [0.717, 1.165) is 33.5 Å². The van der Waals surface area contributed by atoms with Gasteiger partial charge in [0.2, 0.25) is 0 Å². The highest BCUT2D eigenvalue weighted by atomic mass is 16.2. The van der Waals surface area contributed by atoms with Gasteiger partial charge in [-0.3, -0.25) is 14.6 Å². The molecule has 0 saturated carbocycles. The molecule has 0 spiro atoms. The highest BCUT2D eigenvalue weighted by Crippen LogP contribution is 2.22. The summed E-state index contributed by atoms with van der Waals surface area (Å²) in [6.07, 6.45) is 1.48. The Morgan fingerprint density at radius 2 is 1.55 bits per heavy atom. The van der Waals surface area contributed by atoms with E-state index < -0.39 is 0 Å². The van der Waals surface area contributed by atoms with Gasteiger partial charge >= 0.3 is 0 Å². The van der Waals surface area contributed by atoms with Gasteiger partial charge in [-0.25, -0.2) is 0 Å². The fraction of sp³-hybridized carbons (Fsp3) is 0.208. The van der Waals surface area contributed by atoms with E-state index in [-0.39, 0.29) is 17.5 Å². The molecule has 0 atom stereocenters. The predicted molar refractivity (Wildman–Crippen MR) is 115 cm³/mol. The molecule has 29 heavy (non-hydrogen) atoms. The Morgan fingerprint density at radius 1 is 0.862 bits per heavy atom. The van der Waals surface area contributed by atoms with Crippen molar-refractivity contribution in [2.45, 2.75) is 34.2 Å². The summed E-state index contributed by atoms with van der Waals surface area (Å²) in [5, 5.41) is 5.82. The number of nitrogens with zero attached hydrogens (tertiary/aromatic N) is 1. The Bertz CT molecular complexity index is 1050. The minimum atomic E-state index is -0.339. The molecule has 0 aliphatic heterocycles. The van der Waals surface area contributed by atoms with Gasteiger partial charge in [0.15, 0.2) is 0 Å². The molecule has 0 unspecified atom stereocenters. The zero-order valence-electron chi connectivity index (χ0n) is 17.2. The first kappa shape index (κ1) is 20.3. The van der Waals surface area contributed by atoms with Crippen LogP contribution < -0.4 is 10.6 Å². The van der Waals surface area contributed by atoms with Crippen molar-refractivity contribution in [3.05, 3.63) is 93.8 Å². The van der Waals surface area contributed by atoms with Crippen LogP contribution in [0.2, 0.25) is 0 Å². The molecule has 3 rings (SSSR count). The lowest BCUT2D eigenvalue weighted by Gasteiger charge is -2.13. The molecule has 5 nitrogen and oxygen atoms in total. The molecule has 0 radical (unpaired) electrons. The maximum Gasteiger partial charge on any atom is 0.274 e. The van der Waals surface area contributed by atoms with Crippen molar-refractivity contribution in [1.82, 2.24) is 10.3 Å². The van der Waals surface area contributed by atoms with Crippen LogP contribution in [0.15, 0.2) is 54.7 Å². The van der Waals surface area contributed by atoms with Gasteiger partial charge in [-0.1, -0.05) is 42.0 Å². The number of benzene rings is 2. The van der Waals surface area contributed by atoms with Crippen molar-refractivity contribution in [1.29, 1.82) is 0 Å². The normalized spacial score (nSPS) is 10.5. The second kappa shape index (κ2) is 8.69. The Balaban J connectivity index is 1.72. The average Bonchev–Trinajstić information content (AvgIpc) is 2.69. The molecule has 1 aromatic heterocycles. The number of aromatic nitrogens is 1. The average molecular weight is 387 g/mol. The van der Waals surface area contributed by atoms with Gasteiger partial charge in [0.25, 0.3) is 11.8 Å². The smallest absolute Gasteiger partial charge is 0.274 e. The standard InChI is InChI=1S/C24H25N3O2/c1-15-11-17(3)22(18(4)12-15)27-24(29)21-13-19(9-10-25-21)23(28)26-14-20-8-6-5-7-16(20)2/h5-13H,14H2,1-4H3,(H,26,28)(H,27,29). The number of aryl methyl sites for hydroxylation is 4. The maximum absolute atomic E-state index is 12.7. The minimum absolute atomic E-state index is 0.202. The summed E-state index contributed by atoms with van der Waals surface area (Å²) in [7, 11) is 0. The van der Waals surface area contributed by atoms with Crippen LogP contribution >= 0.6 is 0 Å². The lowest BCUT2D eigenvalue weighted by molar-refractivity contribution is 0.0950. The van der Waals surface area contributed by atoms with Crippen LogP contribution in [-0.2, 0) is 6.54 Å². The molecule has 2 N–H and O–H groups in total. The number of hydrogen-bond acceptors (Lipinski definition) is 3. The van der Waals surface area contributed by atoms with Crippen molar-refractivity contribution in [2.75, 3.05) is 5.32 Å². The number of anilines is 1. The van der Waals surface area contributed by atoms with Gasteiger partial charge in [-0.2, -0.15) is 0 Å². The molecule has 3 aromatic rings. The number of rotatable bonds is 5. The molecule has 5 heteroatoms. The first-order valence-electron chi connectivity index (χ1n) is 9.53. The van der Waals surface area contributed by atoms with Crippen LogP contribution in [-0.4, -0.2) is 16.8 Å². The molecular weight excluding hydrogens is 362 g/mol. The molecule has 0 saturated heterocycles. The SMILES string of the molecule is Cc1cc(C)c(NC(=O)c2cc(C(=O)NCc3ccccc3C)ccn2)c(C)c1. The summed E-state index contributed by atoms with van der Waals surface area (Å²) in [6.45, 7) is 8.37. The van der Waals surface area contributed by atoms with Gasteiger partial charge < -0.3 is 10.6 Å². The van der Waals surface area contributed by atoms with E-state index in [0.29, 0.717) is 12.1 Å². The van der Waals surface area contributed by atoms with Crippen LogP contribution in [0, 0.1) is 27.7 Å². The highest BCUT2D eigenvalue weighted by Gasteiger charge is 2.14. The summed E-state index contributed by atoms with van der Waals surface area (Å²) in [6, 6.07) is 15.0. The lowest BCUT2D eigenvalue weighted by Crippen LogP contribution is -2.24. The third-order valence-electron chi connectivity index (χ3n) is 4.87. The van der Waals surface area contributed by atoms with Crippen molar-refractivity contribution in [3.8, 4) is 0 Å². The number of carbonyl (C=O) groups excluding carboxylic acids is 2. The van der Waals surface area contributed by atoms with E-state index in [2.05, 4.69) is 15.6 Å². The fourth-order valence-corrected chi connectivity index (χ4v) is 3.34. The van der Waals surface area contributed by atoms with Crippen molar-refractivity contribution in [2.24, 2.45) is 0 Å². The Hall–Kier alpha value is -3.47. The van der Waals surface area contributed by atoms with E-state index in [1.54, 1.807) is 6.07 Å². The molecule has 0 aliphatic rings. The number of amides is 2. The Morgan fingerprint density at radius 3 is 2.24 bits per heavy atom. The van der Waals surface area contributed by atoms with E-state index in [1.165, 1.54) is 12.3 Å². The van der Waals surface area contributed by atoms with Crippen LogP contribution in [0.3, 0.4) is 0 Å². The van der Waals surface area contributed by atoms with E-state index in [1.807, 2.05) is 64.1 Å². The number of nitrogens with one attached hydrogen (secondary N) is 2. The van der Waals surface area contributed by atoms with Gasteiger partial charge in [0.1, 0.15) is 5.69 Å². The minimum Gasteiger partial charge on any atom is -0.348 e. The van der Waals surface area contributed by atoms with E-state index >= 15 is 0 Å². The third kappa shape index (κ3) is 4.88. The second-order valence-corrected chi connectivity index (χ2v) is 7.27. The zero-order valence-corrected chi connectivity index (χ0v) is 17.2. The molecule has 148 valence electrons. The Labute approximate surface area is 171 Å². The van der Waals surface area contributed by atoms with Gasteiger partial charge in [0.05, 0.1) is 0 Å². The van der Waals surface area contributed by atoms with Crippen LogP contribution in [0.4, 0.5) is 5.69 Å². The Kier molecular flexibility index (Phi) is 6.07. The van der Waals surface area contributed by atoms with Crippen molar-refractivity contribution in [3.63, 3.8) is 0 Å². The maximum atomic E-state index is 12.7. The van der Waals surface area contributed by atoms with E-state index in [9.17, 15) is 9.59 Å². The molecule has 0 bridgehead atoms. The lowest BCUT2D eigenvalue weighted by atomic mass is 10.0. The summed E-state index contributed by atoms with van der Waals surface area (Å²) in [5.74, 6) is -0.582. The monoisotopic (exact) mass is 387 g/mol. The van der Waals surface area contributed by atoms with Gasteiger partial charge in [-0.15, -0.1) is 0 Å². The molecular formula is C24H25N3O2. The number of hydrogen-bond donors (Lipinski definition) is 2. The van der Waals surface area contributed by atoms with Crippen molar-refractivity contribution >= 4 is 17.5 Å². The molecule has 2 amide bonds.